The van der Waals surface area contributed by atoms with Crippen molar-refractivity contribution in [1.29, 1.82) is 0 Å². The molecule has 0 radical (unpaired) electrons. The van der Waals surface area contributed by atoms with Crippen LogP contribution in [0.15, 0.2) is 23.1 Å². The first-order chi connectivity index (χ1) is 9.27. The van der Waals surface area contributed by atoms with Crippen LogP contribution >= 0.6 is 0 Å². The topological polar surface area (TPSA) is 58.2 Å². The maximum absolute atomic E-state index is 12.4. The Labute approximate surface area is 123 Å². The molecule has 114 valence electrons. The fourth-order valence-corrected chi connectivity index (χ4v) is 3.24. The van der Waals surface area contributed by atoms with Gasteiger partial charge in [0.15, 0.2) is 0 Å². The third-order valence-electron chi connectivity index (χ3n) is 3.66. The fraction of sp³-hybridized carbons (Fsp3) is 0.600. The van der Waals surface area contributed by atoms with Crippen LogP contribution in [0.4, 0.5) is 0 Å². The molecule has 0 aliphatic heterocycles. The Bertz CT molecular complexity index is 539. The molecule has 0 amide bonds. The van der Waals surface area contributed by atoms with Crippen molar-refractivity contribution in [2.24, 2.45) is 11.8 Å². The van der Waals surface area contributed by atoms with Gasteiger partial charge >= 0.3 is 0 Å². The summed E-state index contributed by atoms with van der Waals surface area (Å²) in [6.07, 6.45) is 0. The lowest BCUT2D eigenvalue weighted by atomic mass is 9.99. The van der Waals surface area contributed by atoms with E-state index >= 15 is 0 Å². The van der Waals surface area contributed by atoms with E-state index in [2.05, 4.69) is 30.8 Å². The molecule has 0 heterocycles. The molecule has 0 saturated heterocycles. The van der Waals surface area contributed by atoms with Crippen LogP contribution in [-0.2, 0) is 16.6 Å². The minimum Gasteiger partial charge on any atom is -0.316 e. The monoisotopic (exact) mass is 298 g/mol. The number of nitrogens with one attached hydrogen (secondary N) is 2. The summed E-state index contributed by atoms with van der Waals surface area (Å²) in [5.74, 6) is 0.764. The first-order valence-electron chi connectivity index (χ1n) is 7.01. The average molecular weight is 298 g/mol. The Balaban J connectivity index is 2.94. The summed E-state index contributed by atoms with van der Waals surface area (Å²) >= 11 is 0. The summed E-state index contributed by atoms with van der Waals surface area (Å²) in [4.78, 5) is 0.376. The Morgan fingerprint density at radius 3 is 2.40 bits per heavy atom. The zero-order chi connectivity index (χ0) is 15.3. The summed E-state index contributed by atoms with van der Waals surface area (Å²) in [7, 11) is -1.59. The van der Waals surface area contributed by atoms with Gasteiger partial charge in [0.1, 0.15) is 0 Å². The quantitative estimate of drug-likeness (QED) is 0.812. The van der Waals surface area contributed by atoms with Crippen LogP contribution in [0.25, 0.3) is 0 Å². The Morgan fingerprint density at radius 1 is 1.20 bits per heavy atom. The van der Waals surface area contributed by atoms with Crippen molar-refractivity contribution in [2.75, 3.05) is 13.6 Å². The second kappa shape index (κ2) is 7.20. The molecule has 0 aliphatic rings. The zero-order valence-corrected chi connectivity index (χ0v) is 13.8. The van der Waals surface area contributed by atoms with Gasteiger partial charge < -0.3 is 5.32 Å². The van der Waals surface area contributed by atoms with E-state index in [9.17, 15) is 8.42 Å². The molecule has 4 nitrogen and oxygen atoms in total. The van der Waals surface area contributed by atoms with Crippen LogP contribution in [-0.4, -0.2) is 22.0 Å². The minimum absolute atomic E-state index is 0.311. The third-order valence-corrected chi connectivity index (χ3v) is 5.22. The highest BCUT2D eigenvalue weighted by molar-refractivity contribution is 7.89. The molecule has 1 rings (SSSR count). The van der Waals surface area contributed by atoms with Gasteiger partial charge in [-0.25, -0.2) is 13.1 Å². The van der Waals surface area contributed by atoms with E-state index in [4.69, 9.17) is 0 Å². The number of rotatable bonds is 7. The van der Waals surface area contributed by atoms with E-state index in [0.717, 1.165) is 11.1 Å². The van der Waals surface area contributed by atoms with Gasteiger partial charge in [0, 0.05) is 13.1 Å². The van der Waals surface area contributed by atoms with Crippen LogP contribution in [0.3, 0.4) is 0 Å². The van der Waals surface area contributed by atoms with Gasteiger partial charge in [0.2, 0.25) is 10.0 Å². The molecule has 1 aromatic rings. The van der Waals surface area contributed by atoms with Crippen molar-refractivity contribution in [1.82, 2.24) is 10.0 Å². The minimum atomic E-state index is -3.44. The molecule has 0 aromatic heterocycles. The number of aryl methyl sites for hydroxylation is 1. The molecule has 0 fully saturated rings. The van der Waals surface area contributed by atoms with E-state index in [1.165, 1.54) is 0 Å². The second-order valence-electron chi connectivity index (χ2n) is 5.70. The smallest absolute Gasteiger partial charge is 0.240 e. The molecule has 0 saturated carbocycles. The van der Waals surface area contributed by atoms with Crippen LogP contribution in [0.1, 0.15) is 31.9 Å². The van der Waals surface area contributed by atoms with E-state index in [-0.39, 0.29) is 0 Å². The van der Waals surface area contributed by atoms with Gasteiger partial charge in [-0.15, -0.1) is 0 Å². The van der Waals surface area contributed by atoms with Crippen LogP contribution in [0.5, 0.6) is 0 Å². The Kier molecular flexibility index (Phi) is 6.17. The van der Waals surface area contributed by atoms with Crippen molar-refractivity contribution in [3.05, 3.63) is 29.3 Å². The molecule has 1 aromatic carbocycles. The Morgan fingerprint density at radius 2 is 1.85 bits per heavy atom. The lowest BCUT2D eigenvalue weighted by molar-refractivity contribution is 0.414. The molecule has 1 atom stereocenters. The number of hydrogen-bond donors (Lipinski definition) is 2. The third kappa shape index (κ3) is 4.58. The van der Waals surface area contributed by atoms with E-state index in [0.29, 0.717) is 29.8 Å². The largest absolute Gasteiger partial charge is 0.316 e. The molecular weight excluding hydrogens is 272 g/mol. The molecule has 20 heavy (non-hydrogen) atoms. The first-order valence-corrected chi connectivity index (χ1v) is 8.50. The SMILES string of the molecule is CNCc1ccc(C)c(S(=O)(=O)NCC(C)C(C)C)c1. The highest BCUT2D eigenvalue weighted by Crippen LogP contribution is 2.18. The molecule has 2 N–H and O–H groups in total. The van der Waals surface area contributed by atoms with E-state index in [1.54, 1.807) is 6.07 Å². The van der Waals surface area contributed by atoms with Crippen LogP contribution in [0, 0.1) is 18.8 Å². The van der Waals surface area contributed by atoms with Crippen molar-refractivity contribution in [3.8, 4) is 0 Å². The molecule has 5 heteroatoms. The summed E-state index contributed by atoms with van der Waals surface area (Å²) < 4.78 is 27.5. The summed E-state index contributed by atoms with van der Waals surface area (Å²) in [5, 5.41) is 3.03. The molecular formula is C15H26N2O2S. The standard InChI is InChI=1S/C15H26N2O2S/c1-11(2)13(4)9-17-20(18,19)15-8-14(10-16-5)7-6-12(15)3/h6-8,11,13,16-17H,9-10H2,1-5H3. The second-order valence-corrected chi connectivity index (χ2v) is 7.44. The molecule has 0 bridgehead atoms. The van der Waals surface area contributed by atoms with Crippen LogP contribution in [0.2, 0.25) is 0 Å². The van der Waals surface area contributed by atoms with Crippen molar-refractivity contribution < 1.29 is 8.42 Å². The average Bonchev–Trinajstić information content (AvgIpc) is 2.38. The predicted octanol–water partition coefficient (Wildman–Crippen LogP) is 2.28. The summed E-state index contributed by atoms with van der Waals surface area (Å²) in [6, 6.07) is 5.54. The highest BCUT2D eigenvalue weighted by Gasteiger charge is 2.19. The van der Waals surface area contributed by atoms with Crippen molar-refractivity contribution in [3.63, 3.8) is 0 Å². The molecule has 0 aliphatic carbocycles. The normalized spacial score (nSPS) is 13.7. The fourth-order valence-electron chi connectivity index (χ4n) is 1.80. The van der Waals surface area contributed by atoms with Crippen molar-refractivity contribution >= 4 is 10.0 Å². The van der Waals surface area contributed by atoms with Gasteiger partial charge in [-0.1, -0.05) is 32.9 Å². The molecule has 1 unspecified atom stereocenters. The predicted molar refractivity (Wildman–Crippen MR) is 83.1 cm³/mol. The first kappa shape index (κ1) is 17.1. The number of benzene rings is 1. The van der Waals surface area contributed by atoms with Crippen molar-refractivity contribution in [2.45, 2.75) is 39.1 Å². The summed E-state index contributed by atoms with van der Waals surface area (Å²) in [5.41, 5.74) is 1.74. The molecule has 0 spiro atoms. The van der Waals surface area contributed by atoms with Gasteiger partial charge in [-0.2, -0.15) is 0 Å². The zero-order valence-electron chi connectivity index (χ0n) is 13.0. The maximum atomic E-state index is 12.4. The van der Waals surface area contributed by atoms with Gasteiger partial charge in [-0.3, -0.25) is 0 Å². The van der Waals surface area contributed by atoms with Gasteiger partial charge in [0.05, 0.1) is 4.90 Å². The number of sulfonamides is 1. The maximum Gasteiger partial charge on any atom is 0.240 e. The van der Waals surface area contributed by atoms with Gasteiger partial charge in [-0.05, 0) is 43.0 Å². The number of hydrogen-bond acceptors (Lipinski definition) is 3. The van der Waals surface area contributed by atoms with E-state index in [1.807, 2.05) is 26.1 Å². The van der Waals surface area contributed by atoms with Crippen LogP contribution < -0.4 is 10.0 Å². The lowest BCUT2D eigenvalue weighted by Crippen LogP contribution is -2.30. The summed E-state index contributed by atoms with van der Waals surface area (Å²) in [6.45, 7) is 9.19. The Hall–Kier alpha value is -0.910. The van der Waals surface area contributed by atoms with E-state index < -0.39 is 10.0 Å². The highest BCUT2D eigenvalue weighted by atomic mass is 32.2. The lowest BCUT2D eigenvalue weighted by Gasteiger charge is -2.17. The van der Waals surface area contributed by atoms with Gasteiger partial charge in [0.25, 0.3) is 0 Å².